The number of carbonyl (C=O) groups is 2. The number of nitrogens with zero attached hydrogens (tertiary/aromatic N) is 1. The van der Waals surface area contributed by atoms with Crippen LogP contribution in [0.25, 0.3) is 0 Å². The molecule has 0 aliphatic carbocycles. The van der Waals surface area contributed by atoms with E-state index >= 15 is 0 Å². The van der Waals surface area contributed by atoms with Gasteiger partial charge < -0.3 is 19.4 Å². The summed E-state index contributed by atoms with van der Waals surface area (Å²) in [4.78, 5) is 37.8. The van der Waals surface area contributed by atoms with Gasteiger partial charge in [-0.3, -0.25) is 18.6 Å². The molecule has 2 N–H and O–H groups in total. The number of hydrogen-bond donors (Lipinski definition) is 2. The number of carbonyl (C=O) groups excluding carboxylic acids is 2. The lowest BCUT2D eigenvalue weighted by Crippen LogP contribution is -2.47. The second kappa shape index (κ2) is 60.6. The van der Waals surface area contributed by atoms with Gasteiger partial charge in [-0.2, -0.15) is 0 Å². The standard InChI is InChI=1S/C71H131N2O7P/c1-7-10-13-16-19-22-25-28-30-32-33-34-35-36-37-38-39-40-41-42-44-46-49-52-55-58-61-64-71(75)80-69(62-59-56-53-50-47-27-24-21-18-15-12-9-3)68(67-79-81(76,77)78-66-65-73(4,5)6)72-70(74)63-60-57-54-51-48-45-43-31-29-26-23-20-17-14-11-8-2/h19,22,28,30-31,33-34,43,45,48,59,62,68-69H,7-18,20-21,23-27,29,32,35-42,44,46-47,49-58,60-61,63-67H2,1-6H3,(H-,72,74,76,77)/p+1/b22-19-,30-28-,34-33-,43-31+,48-45+,62-59-. The van der Waals surface area contributed by atoms with Crippen molar-refractivity contribution >= 4 is 19.7 Å². The highest BCUT2D eigenvalue weighted by Crippen LogP contribution is 2.43. The first-order chi connectivity index (χ1) is 39.4. The largest absolute Gasteiger partial charge is 0.472 e. The molecule has 0 rings (SSSR count). The SMILES string of the molecule is CCCCC/C=C\C/C=C\C/C=C\CCCCCCCCCCCCCCCCC(=O)OC(/C=C\CCCCCCCCCCCC)C(COP(=O)(O)OCC[N+](C)(C)C)NC(=O)CCCCC/C=C/C=C/CCCCCCCCC. The molecule has 0 bridgehead atoms. The molecule has 0 aliphatic rings. The Morgan fingerprint density at radius 3 is 1.23 bits per heavy atom. The van der Waals surface area contributed by atoms with Crippen LogP contribution >= 0.6 is 7.82 Å². The molecule has 81 heavy (non-hydrogen) atoms. The predicted molar refractivity (Wildman–Crippen MR) is 351 cm³/mol. The smallest absolute Gasteiger partial charge is 0.456 e. The van der Waals surface area contributed by atoms with Crippen LogP contribution < -0.4 is 5.32 Å². The van der Waals surface area contributed by atoms with E-state index in [4.69, 9.17) is 13.8 Å². The van der Waals surface area contributed by atoms with Gasteiger partial charge in [-0.1, -0.05) is 280 Å². The van der Waals surface area contributed by atoms with Crippen molar-refractivity contribution in [2.75, 3.05) is 40.9 Å². The van der Waals surface area contributed by atoms with Crippen LogP contribution in [0.4, 0.5) is 0 Å². The van der Waals surface area contributed by atoms with Gasteiger partial charge in [0.2, 0.25) is 5.91 Å². The van der Waals surface area contributed by atoms with Crippen LogP contribution in [0, 0.1) is 0 Å². The lowest BCUT2D eigenvalue weighted by atomic mass is 10.0. The van der Waals surface area contributed by atoms with Crippen LogP contribution in [0.3, 0.4) is 0 Å². The molecule has 0 saturated carbocycles. The van der Waals surface area contributed by atoms with Crippen molar-refractivity contribution in [3.63, 3.8) is 0 Å². The number of unbranched alkanes of at least 4 members (excludes halogenated alkanes) is 37. The number of phosphoric acid groups is 1. The maximum absolute atomic E-state index is 13.6. The Kier molecular flexibility index (Phi) is 58.7. The Hall–Kier alpha value is -2.55. The van der Waals surface area contributed by atoms with Crippen LogP contribution in [0.2, 0.25) is 0 Å². The average Bonchev–Trinajstić information content (AvgIpc) is 3.44. The number of quaternary nitrogens is 1. The van der Waals surface area contributed by atoms with Gasteiger partial charge in [0, 0.05) is 12.8 Å². The van der Waals surface area contributed by atoms with Crippen molar-refractivity contribution in [1.82, 2.24) is 5.32 Å². The fraction of sp³-hybridized carbons (Fsp3) is 0.803. The van der Waals surface area contributed by atoms with Crippen molar-refractivity contribution in [2.24, 2.45) is 0 Å². The van der Waals surface area contributed by atoms with E-state index < -0.39 is 20.0 Å². The number of allylic oxidation sites excluding steroid dienone is 11. The molecule has 0 saturated heterocycles. The molecule has 10 heteroatoms. The molecule has 0 aliphatic heterocycles. The Morgan fingerprint density at radius 1 is 0.444 bits per heavy atom. The van der Waals surface area contributed by atoms with E-state index in [1.165, 1.54) is 199 Å². The van der Waals surface area contributed by atoms with Crippen LogP contribution in [-0.2, 0) is 27.9 Å². The molecule has 0 fully saturated rings. The molecular weight excluding hydrogens is 1020 g/mol. The summed E-state index contributed by atoms with van der Waals surface area (Å²) in [6.45, 7) is 6.98. The Bertz CT molecular complexity index is 1620. The summed E-state index contributed by atoms with van der Waals surface area (Å²) in [5, 5.41) is 3.05. The summed E-state index contributed by atoms with van der Waals surface area (Å²) >= 11 is 0. The summed E-state index contributed by atoms with van der Waals surface area (Å²) in [6.07, 6.45) is 79.1. The van der Waals surface area contributed by atoms with E-state index in [9.17, 15) is 19.0 Å². The molecule has 0 radical (unpaired) electrons. The minimum Gasteiger partial charge on any atom is -0.456 e. The van der Waals surface area contributed by atoms with E-state index in [1.54, 1.807) is 0 Å². The lowest BCUT2D eigenvalue weighted by Gasteiger charge is -2.27. The molecule has 0 spiro atoms. The zero-order valence-corrected chi connectivity index (χ0v) is 54.9. The third-order valence-electron chi connectivity index (χ3n) is 15.1. The molecule has 0 aromatic carbocycles. The highest BCUT2D eigenvalue weighted by Gasteiger charge is 2.30. The minimum atomic E-state index is -4.46. The van der Waals surface area contributed by atoms with E-state index in [-0.39, 0.29) is 31.5 Å². The predicted octanol–water partition coefficient (Wildman–Crippen LogP) is 21.6. The van der Waals surface area contributed by atoms with Crippen molar-refractivity contribution in [3.05, 3.63) is 72.9 Å². The number of rotatable bonds is 62. The molecule has 0 heterocycles. The molecule has 0 aromatic rings. The van der Waals surface area contributed by atoms with Crippen LogP contribution in [0.1, 0.15) is 316 Å². The normalized spacial score (nSPS) is 14.0. The number of phosphoric ester groups is 1. The van der Waals surface area contributed by atoms with Crippen molar-refractivity contribution in [3.8, 4) is 0 Å². The van der Waals surface area contributed by atoms with Crippen molar-refractivity contribution in [2.45, 2.75) is 328 Å². The van der Waals surface area contributed by atoms with E-state index in [0.29, 0.717) is 23.9 Å². The van der Waals surface area contributed by atoms with Gasteiger partial charge in [0.25, 0.3) is 0 Å². The first kappa shape index (κ1) is 78.5. The topological polar surface area (TPSA) is 111 Å². The molecule has 3 unspecified atom stereocenters. The summed E-state index contributed by atoms with van der Waals surface area (Å²) in [7, 11) is 1.48. The summed E-state index contributed by atoms with van der Waals surface area (Å²) in [5.41, 5.74) is 0. The average molecular weight is 1160 g/mol. The maximum Gasteiger partial charge on any atom is 0.472 e. The van der Waals surface area contributed by atoms with Gasteiger partial charge in [0.05, 0.1) is 33.8 Å². The summed E-state index contributed by atoms with van der Waals surface area (Å²) < 4.78 is 30.7. The Labute approximate surface area is 502 Å². The zero-order chi connectivity index (χ0) is 59.3. The van der Waals surface area contributed by atoms with E-state index in [0.717, 1.165) is 77.0 Å². The second-order valence-electron chi connectivity index (χ2n) is 24.4. The number of nitrogens with one attached hydrogen (secondary N) is 1. The van der Waals surface area contributed by atoms with E-state index in [2.05, 4.69) is 86.8 Å². The van der Waals surface area contributed by atoms with Gasteiger partial charge in [-0.25, -0.2) is 4.57 Å². The minimum absolute atomic E-state index is 0.0340. The van der Waals surface area contributed by atoms with Crippen LogP contribution in [0.15, 0.2) is 72.9 Å². The van der Waals surface area contributed by atoms with Crippen LogP contribution in [-0.4, -0.2) is 74.3 Å². The van der Waals surface area contributed by atoms with Crippen molar-refractivity contribution in [1.29, 1.82) is 0 Å². The first-order valence-corrected chi connectivity index (χ1v) is 35.8. The zero-order valence-electron chi connectivity index (χ0n) is 54.0. The number of amides is 1. The number of ether oxygens (including phenoxy) is 1. The molecular formula is C71H132N2O7P+. The molecule has 472 valence electrons. The highest BCUT2D eigenvalue weighted by atomic mass is 31.2. The highest BCUT2D eigenvalue weighted by molar-refractivity contribution is 7.47. The van der Waals surface area contributed by atoms with Gasteiger partial charge in [0.15, 0.2) is 0 Å². The fourth-order valence-corrected chi connectivity index (χ4v) is 10.6. The number of likely N-dealkylation sites (N-methyl/N-ethyl adjacent to an activating group) is 1. The number of esters is 1. The summed E-state index contributed by atoms with van der Waals surface area (Å²) in [5.74, 6) is -0.529. The third-order valence-corrected chi connectivity index (χ3v) is 16.1. The lowest BCUT2D eigenvalue weighted by molar-refractivity contribution is -0.870. The maximum atomic E-state index is 13.6. The van der Waals surface area contributed by atoms with Gasteiger partial charge in [-0.15, -0.1) is 0 Å². The summed E-state index contributed by atoms with van der Waals surface area (Å²) in [6, 6.07) is -0.864. The quantitative estimate of drug-likeness (QED) is 0.0156. The van der Waals surface area contributed by atoms with E-state index in [1.807, 2.05) is 33.3 Å². The second-order valence-corrected chi connectivity index (χ2v) is 25.8. The first-order valence-electron chi connectivity index (χ1n) is 34.3. The molecule has 3 atom stereocenters. The fourth-order valence-electron chi connectivity index (χ4n) is 9.82. The molecule has 1 amide bonds. The van der Waals surface area contributed by atoms with Crippen molar-refractivity contribution < 1.29 is 37.3 Å². The van der Waals surface area contributed by atoms with Crippen LogP contribution in [0.5, 0.6) is 0 Å². The van der Waals surface area contributed by atoms with Gasteiger partial charge >= 0.3 is 13.8 Å². The van der Waals surface area contributed by atoms with Gasteiger partial charge in [0.1, 0.15) is 19.3 Å². The monoisotopic (exact) mass is 1160 g/mol. The molecule has 0 aromatic heterocycles. The Morgan fingerprint density at radius 2 is 0.790 bits per heavy atom. The molecule has 9 nitrogen and oxygen atoms in total. The number of hydrogen-bond acceptors (Lipinski definition) is 6. The third kappa shape index (κ3) is 61.8. The Balaban J connectivity index is 5.07. The van der Waals surface area contributed by atoms with Gasteiger partial charge in [-0.05, 0) is 96.0 Å².